The number of rotatable bonds is 4. The molecular formula is C13H19BrN2O. The molecule has 2 rings (SSSR count). The fourth-order valence-corrected chi connectivity index (χ4v) is 2.89. The number of hydrogen-bond acceptors (Lipinski definition) is 3. The molecule has 17 heavy (non-hydrogen) atoms. The van der Waals surface area contributed by atoms with Gasteiger partial charge in [-0.2, -0.15) is 0 Å². The summed E-state index contributed by atoms with van der Waals surface area (Å²) in [6.45, 7) is 4.51. The van der Waals surface area contributed by atoms with E-state index < -0.39 is 0 Å². The summed E-state index contributed by atoms with van der Waals surface area (Å²) in [5.41, 5.74) is 0.219. The molecule has 1 fully saturated rings. The van der Waals surface area contributed by atoms with Crippen molar-refractivity contribution in [3.05, 3.63) is 22.9 Å². The van der Waals surface area contributed by atoms with Crippen LogP contribution in [0.5, 0.6) is 5.75 Å². The van der Waals surface area contributed by atoms with Crippen LogP contribution in [0.25, 0.3) is 0 Å². The van der Waals surface area contributed by atoms with Crippen LogP contribution in [0, 0.1) is 5.41 Å². The number of hydrogen-bond donors (Lipinski definition) is 1. The molecule has 0 saturated heterocycles. The number of nitrogens with zero attached hydrogens (tertiary/aromatic N) is 1. The smallest absolute Gasteiger partial charge is 0.139 e. The summed E-state index contributed by atoms with van der Waals surface area (Å²) >= 11 is 3.41. The van der Waals surface area contributed by atoms with E-state index in [9.17, 15) is 0 Å². The third-order valence-electron chi connectivity index (χ3n) is 4.05. The maximum absolute atomic E-state index is 6.04. The third-order valence-corrected chi connectivity index (χ3v) is 4.48. The van der Waals surface area contributed by atoms with E-state index in [4.69, 9.17) is 4.74 Å². The second-order valence-electron chi connectivity index (χ2n) is 4.88. The number of nitrogens with one attached hydrogen (secondary N) is 1. The Bertz CT molecular complexity index is 399. The van der Waals surface area contributed by atoms with Crippen molar-refractivity contribution < 1.29 is 4.74 Å². The van der Waals surface area contributed by atoms with Gasteiger partial charge in [-0.3, -0.25) is 4.98 Å². The Morgan fingerprint density at radius 1 is 1.59 bits per heavy atom. The lowest BCUT2D eigenvalue weighted by Gasteiger charge is -2.53. The largest absolute Gasteiger partial charge is 0.488 e. The van der Waals surface area contributed by atoms with Crippen LogP contribution in [0.1, 0.15) is 26.7 Å². The Morgan fingerprint density at radius 3 is 2.94 bits per heavy atom. The number of ether oxygens (including phenoxy) is 1. The molecule has 1 aliphatic carbocycles. The predicted molar refractivity (Wildman–Crippen MR) is 72.2 cm³/mol. The lowest BCUT2D eigenvalue weighted by molar-refractivity contribution is -0.0679. The normalized spacial score (nSPS) is 32.0. The van der Waals surface area contributed by atoms with Gasteiger partial charge in [-0.15, -0.1) is 0 Å². The van der Waals surface area contributed by atoms with E-state index in [1.807, 2.05) is 13.1 Å². The van der Waals surface area contributed by atoms with E-state index >= 15 is 0 Å². The second-order valence-corrected chi connectivity index (χ2v) is 5.80. The van der Waals surface area contributed by atoms with Crippen molar-refractivity contribution in [1.29, 1.82) is 0 Å². The zero-order valence-corrected chi connectivity index (χ0v) is 12.1. The van der Waals surface area contributed by atoms with Crippen molar-refractivity contribution in [3.63, 3.8) is 0 Å². The van der Waals surface area contributed by atoms with Gasteiger partial charge in [0.05, 0.1) is 6.20 Å². The zero-order chi connectivity index (χ0) is 12.5. The Balaban J connectivity index is 2.06. The summed E-state index contributed by atoms with van der Waals surface area (Å²) in [4.78, 5) is 4.12. The van der Waals surface area contributed by atoms with Crippen LogP contribution < -0.4 is 10.1 Å². The highest BCUT2D eigenvalue weighted by molar-refractivity contribution is 9.10. The summed E-state index contributed by atoms with van der Waals surface area (Å²) in [7, 11) is 2.02. The van der Waals surface area contributed by atoms with Crippen molar-refractivity contribution in [2.45, 2.75) is 38.8 Å². The van der Waals surface area contributed by atoms with Crippen LogP contribution >= 0.6 is 15.9 Å². The van der Waals surface area contributed by atoms with Gasteiger partial charge < -0.3 is 10.1 Å². The third kappa shape index (κ3) is 2.33. The molecule has 3 unspecified atom stereocenters. The number of pyridine rings is 1. The van der Waals surface area contributed by atoms with Gasteiger partial charge >= 0.3 is 0 Å². The van der Waals surface area contributed by atoms with Crippen molar-refractivity contribution in [1.82, 2.24) is 10.3 Å². The van der Waals surface area contributed by atoms with Crippen LogP contribution in [-0.4, -0.2) is 24.2 Å². The molecule has 0 aromatic carbocycles. The summed E-state index contributed by atoms with van der Waals surface area (Å²) in [6, 6.07) is 2.52. The Kier molecular flexibility index (Phi) is 3.73. The van der Waals surface area contributed by atoms with E-state index in [2.05, 4.69) is 40.1 Å². The lowest BCUT2D eigenvalue weighted by Crippen LogP contribution is -2.62. The standard InChI is InChI=1S/C13H19BrN2O/c1-4-13(2)11(15-3)6-12(13)17-10-5-9(14)7-16-8-10/h5,7-8,11-12,15H,4,6H2,1-3H3. The van der Waals surface area contributed by atoms with Crippen LogP contribution in [0.15, 0.2) is 22.9 Å². The quantitative estimate of drug-likeness (QED) is 0.928. The average molecular weight is 299 g/mol. The minimum atomic E-state index is 0.219. The molecule has 3 atom stereocenters. The highest BCUT2D eigenvalue weighted by Gasteiger charge is 2.51. The molecule has 0 aliphatic heterocycles. The van der Waals surface area contributed by atoms with E-state index in [0.717, 1.165) is 23.1 Å². The lowest BCUT2D eigenvalue weighted by atomic mass is 9.61. The molecule has 3 nitrogen and oxygen atoms in total. The van der Waals surface area contributed by atoms with Gasteiger partial charge in [-0.05, 0) is 35.5 Å². The summed E-state index contributed by atoms with van der Waals surface area (Å²) < 4.78 is 6.99. The van der Waals surface area contributed by atoms with Gasteiger partial charge in [0.2, 0.25) is 0 Å². The Labute approximate surface area is 111 Å². The Hall–Kier alpha value is -0.610. The SMILES string of the molecule is CCC1(C)C(NC)CC1Oc1cncc(Br)c1. The fourth-order valence-electron chi connectivity index (χ4n) is 2.54. The maximum Gasteiger partial charge on any atom is 0.139 e. The molecule has 4 heteroatoms. The number of halogens is 1. The summed E-state index contributed by atoms with van der Waals surface area (Å²) in [5.74, 6) is 0.846. The van der Waals surface area contributed by atoms with Crippen LogP contribution in [0.2, 0.25) is 0 Å². The molecule has 94 valence electrons. The molecule has 1 aromatic rings. The van der Waals surface area contributed by atoms with Gasteiger partial charge in [-0.1, -0.05) is 13.8 Å². The van der Waals surface area contributed by atoms with Crippen LogP contribution in [0.3, 0.4) is 0 Å². The fraction of sp³-hybridized carbons (Fsp3) is 0.615. The summed E-state index contributed by atoms with van der Waals surface area (Å²) in [5, 5.41) is 3.37. The van der Waals surface area contributed by atoms with Crippen molar-refractivity contribution in [3.8, 4) is 5.75 Å². The first kappa shape index (κ1) is 12.8. The molecule has 0 bridgehead atoms. The Morgan fingerprint density at radius 2 is 2.35 bits per heavy atom. The minimum absolute atomic E-state index is 0.219. The van der Waals surface area contributed by atoms with Crippen molar-refractivity contribution in [2.24, 2.45) is 5.41 Å². The molecule has 1 saturated carbocycles. The van der Waals surface area contributed by atoms with Gasteiger partial charge in [0.1, 0.15) is 11.9 Å². The molecule has 1 aliphatic rings. The van der Waals surface area contributed by atoms with Gasteiger partial charge in [0, 0.05) is 28.5 Å². The molecule has 0 radical (unpaired) electrons. The van der Waals surface area contributed by atoms with E-state index in [1.165, 1.54) is 0 Å². The van der Waals surface area contributed by atoms with Gasteiger partial charge in [0.15, 0.2) is 0 Å². The van der Waals surface area contributed by atoms with Crippen molar-refractivity contribution in [2.75, 3.05) is 7.05 Å². The average Bonchev–Trinajstić information content (AvgIpc) is 2.33. The van der Waals surface area contributed by atoms with Crippen molar-refractivity contribution >= 4 is 15.9 Å². The molecule has 0 spiro atoms. The van der Waals surface area contributed by atoms with E-state index in [0.29, 0.717) is 6.04 Å². The molecule has 1 aromatic heterocycles. The minimum Gasteiger partial charge on any atom is -0.488 e. The number of aromatic nitrogens is 1. The zero-order valence-electron chi connectivity index (χ0n) is 10.5. The molecular weight excluding hydrogens is 280 g/mol. The maximum atomic E-state index is 6.04. The topological polar surface area (TPSA) is 34.1 Å². The highest BCUT2D eigenvalue weighted by Crippen LogP contribution is 2.45. The van der Waals surface area contributed by atoms with Crippen LogP contribution in [0.4, 0.5) is 0 Å². The molecule has 1 N–H and O–H groups in total. The first-order valence-corrected chi connectivity index (χ1v) is 6.84. The first-order chi connectivity index (χ1) is 8.10. The van der Waals surface area contributed by atoms with E-state index in [-0.39, 0.29) is 11.5 Å². The van der Waals surface area contributed by atoms with E-state index in [1.54, 1.807) is 12.4 Å². The first-order valence-electron chi connectivity index (χ1n) is 6.04. The van der Waals surface area contributed by atoms with Gasteiger partial charge in [0.25, 0.3) is 0 Å². The summed E-state index contributed by atoms with van der Waals surface area (Å²) in [6.07, 6.45) is 6.00. The highest BCUT2D eigenvalue weighted by atomic mass is 79.9. The molecule has 1 heterocycles. The molecule has 0 amide bonds. The van der Waals surface area contributed by atoms with Gasteiger partial charge in [-0.25, -0.2) is 0 Å². The predicted octanol–water partition coefficient (Wildman–Crippen LogP) is 3.00. The monoisotopic (exact) mass is 298 g/mol. The van der Waals surface area contributed by atoms with Crippen LogP contribution in [-0.2, 0) is 0 Å². The second kappa shape index (κ2) is 4.94.